The van der Waals surface area contributed by atoms with E-state index < -0.39 is 23.9 Å². The molecule has 2 aromatic heterocycles. The molecule has 3 heterocycles. The molecule has 0 saturated carbocycles. The first-order valence-electron chi connectivity index (χ1n) is 6.64. The van der Waals surface area contributed by atoms with E-state index in [-0.39, 0.29) is 24.6 Å². The van der Waals surface area contributed by atoms with E-state index in [1.807, 2.05) is 6.07 Å². The minimum absolute atomic E-state index is 0.184. The lowest BCUT2D eigenvalue weighted by atomic mass is 9.92. The molecule has 3 rings (SSSR count). The molecule has 4 atom stereocenters. The van der Waals surface area contributed by atoms with Crippen LogP contribution in [0.1, 0.15) is 5.69 Å². The molecule has 10 heteroatoms. The predicted molar refractivity (Wildman–Crippen MR) is 73.6 cm³/mol. The van der Waals surface area contributed by atoms with Crippen LogP contribution in [0.3, 0.4) is 0 Å². The third kappa shape index (κ3) is 2.10. The van der Waals surface area contributed by atoms with Crippen LogP contribution >= 0.6 is 0 Å². The van der Waals surface area contributed by atoms with Gasteiger partial charge in [0.2, 0.25) is 5.60 Å². The topological polar surface area (TPSA) is 156 Å². The van der Waals surface area contributed by atoms with Crippen molar-refractivity contribution in [3.63, 3.8) is 0 Å². The van der Waals surface area contributed by atoms with Crippen molar-refractivity contribution in [1.29, 1.82) is 5.26 Å². The van der Waals surface area contributed by atoms with Gasteiger partial charge in [-0.15, -0.1) is 0 Å². The molecule has 0 aromatic carbocycles. The lowest BCUT2D eigenvalue weighted by molar-refractivity contribution is -0.135. The Balaban J connectivity index is 2.09. The lowest BCUT2D eigenvalue weighted by Crippen LogP contribution is -2.41. The summed E-state index contributed by atoms with van der Waals surface area (Å²) in [5, 5.41) is 34.0. The summed E-state index contributed by atoms with van der Waals surface area (Å²) in [5.41, 5.74) is 4.47. The van der Waals surface area contributed by atoms with Crippen LogP contribution < -0.4 is 5.73 Å². The minimum Gasteiger partial charge on any atom is -0.465 e. The third-order valence-electron chi connectivity index (χ3n) is 3.82. The number of aromatic nitrogens is 3. The van der Waals surface area contributed by atoms with Gasteiger partial charge in [0.1, 0.15) is 42.8 Å². The van der Waals surface area contributed by atoms with Crippen LogP contribution in [0, 0.1) is 11.3 Å². The number of hydrogen-bond acceptors (Lipinski definition) is 9. The molecule has 23 heavy (non-hydrogen) atoms. The molecule has 120 valence electrons. The summed E-state index contributed by atoms with van der Waals surface area (Å²) in [6.07, 6.45) is -2.84. The number of aliphatic hydroxyl groups is 2. The highest BCUT2D eigenvalue weighted by molar-refractivity contribution is 5.66. The molecular weight excluding hydrogens is 306 g/mol. The molecule has 10 nitrogen and oxygen atoms in total. The maximum atomic E-state index is 10.3. The van der Waals surface area contributed by atoms with Gasteiger partial charge in [-0.05, 0) is 12.1 Å². The van der Waals surface area contributed by atoms with Crippen molar-refractivity contribution in [2.45, 2.75) is 23.9 Å². The summed E-state index contributed by atoms with van der Waals surface area (Å²) in [4.78, 5) is 14.1. The van der Waals surface area contributed by atoms with Gasteiger partial charge in [-0.3, -0.25) is 4.79 Å². The van der Waals surface area contributed by atoms with E-state index in [2.05, 4.69) is 14.8 Å². The fourth-order valence-electron chi connectivity index (χ4n) is 2.68. The second-order valence-corrected chi connectivity index (χ2v) is 5.03. The number of ether oxygens (including phenoxy) is 2. The fraction of sp³-hybridized carbons (Fsp3) is 0.385. The van der Waals surface area contributed by atoms with Gasteiger partial charge in [0.05, 0.1) is 5.69 Å². The van der Waals surface area contributed by atoms with Crippen molar-refractivity contribution in [3.05, 3.63) is 24.2 Å². The number of aliphatic hydroxyl groups excluding tert-OH is 2. The lowest BCUT2D eigenvalue weighted by Gasteiger charge is -2.24. The van der Waals surface area contributed by atoms with Crippen molar-refractivity contribution < 1.29 is 24.5 Å². The molecule has 1 aliphatic rings. The van der Waals surface area contributed by atoms with Gasteiger partial charge < -0.3 is 25.4 Å². The number of carbonyl (C=O) groups excluding carboxylic acids is 1. The normalized spacial score (nSPS) is 30.2. The van der Waals surface area contributed by atoms with Crippen molar-refractivity contribution in [1.82, 2.24) is 14.6 Å². The van der Waals surface area contributed by atoms with Crippen LogP contribution in [0.25, 0.3) is 5.52 Å². The van der Waals surface area contributed by atoms with E-state index in [4.69, 9.17) is 10.5 Å². The smallest absolute Gasteiger partial charge is 0.293 e. The van der Waals surface area contributed by atoms with Gasteiger partial charge in [-0.25, -0.2) is 9.50 Å². The van der Waals surface area contributed by atoms with Crippen molar-refractivity contribution >= 4 is 17.8 Å². The van der Waals surface area contributed by atoms with Crippen molar-refractivity contribution in [3.8, 4) is 6.07 Å². The highest BCUT2D eigenvalue weighted by atomic mass is 16.6. The average molecular weight is 319 g/mol. The quantitative estimate of drug-likeness (QED) is 0.560. The molecule has 0 unspecified atom stereocenters. The maximum Gasteiger partial charge on any atom is 0.293 e. The monoisotopic (exact) mass is 319 g/mol. The van der Waals surface area contributed by atoms with Gasteiger partial charge in [-0.2, -0.15) is 10.4 Å². The minimum atomic E-state index is -1.89. The number of nitrogens with zero attached hydrogens (tertiary/aromatic N) is 4. The van der Waals surface area contributed by atoms with Gasteiger partial charge in [0.15, 0.2) is 5.82 Å². The first-order chi connectivity index (χ1) is 11.0. The van der Waals surface area contributed by atoms with E-state index in [9.17, 15) is 20.3 Å². The van der Waals surface area contributed by atoms with E-state index in [0.717, 1.165) is 0 Å². The summed E-state index contributed by atoms with van der Waals surface area (Å²) in [7, 11) is 0. The van der Waals surface area contributed by atoms with Crippen LogP contribution in [-0.4, -0.2) is 56.2 Å². The number of nitrogen functional groups attached to an aromatic ring is 1. The summed E-state index contributed by atoms with van der Waals surface area (Å²) >= 11 is 0. The second kappa shape index (κ2) is 5.47. The van der Waals surface area contributed by atoms with Gasteiger partial charge in [0.25, 0.3) is 6.47 Å². The number of carbonyl (C=O) groups is 1. The zero-order valence-corrected chi connectivity index (χ0v) is 11.7. The molecule has 1 fully saturated rings. The van der Waals surface area contributed by atoms with E-state index in [1.54, 1.807) is 6.07 Å². The molecule has 4 N–H and O–H groups in total. The molecule has 0 amide bonds. The van der Waals surface area contributed by atoms with Crippen molar-refractivity contribution in [2.75, 3.05) is 12.3 Å². The molecular formula is C13H13N5O5. The Bertz CT molecular complexity index is 787. The number of nitrogens with two attached hydrogens (primary N) is 1. The Morgan fingerprint density at radius 3 is 3.04 bits per heavy atom. The van der Waals surface area contributed by atoms with Crippen LogP contribution in [0.5, 0.6) is 0 Å². The first kappa shape index (κ1) is 15.2. The number of anilines is 1. The average Bonchev–Trinajstić information content (AvgIpc) is 3.09. The van der Waals surface area contributed by atoms with Crippen molar-refractivity contribution in [2.24, 2.45) is 0 Å². The van der Waals surface area contributed by atoms with Gasteiger partial charge in [0, 0.05) is 0 Å². The predicted octanol–water partition coefficient (Wildman–Crippen LogP) is -1.68. The van der Waals surface area contributed by atoms with E-state index in [0.29, 0.717) is 5.52 Å². The molecule has 0 aliphatic carbocycles. The molecule has 0 spiro atoms. The number of fused-ring (bicyclic) bond motifs is 1. The number of nitriles is 1. The summed E-state index contributed by atoms with van der Waals surface area (Å²) < 4.78 is 11.4. The fourth-order valence-corrected chi connectivity index (χ4v) is 2.68. The Hall–Kier alpha value is -2.74. The van der Waals surface area contributed by atoms with E-state index >= 15 is 0 Å². The maximum absolute atomic E-state index is 10.3. The third-order valence-corrected chi connectivity index (χ3v) is 3.82. The number of rotatable bonds is 4. The Morgan fingerprint density at radius 2 is 2.35 bits per heavy atom. The summed E-state index contributed by atoms with van der Waals surface area (Å²) in [6, 6.07) is 4.95. The highest BCUT2D eigenvalue weighted by Gasteiger charge is 2.57. The second-order valence-electron chi connectivity index (χ2n) is 5.03. The first-order valence-corrected chi connectivity index (χ1v) is 6.64. The Labute approximate surface area is 129 Å². The summed E-state index contributed by atoms with van der Waals surface area (Å²) in [6.45, 7) is -0.110. The Morgan fingerprint density at radius 1 is 1.57 bits per heavy atom. The van der Waals surface area contributed by atoms with E-state index in [1.165, 1.54) is 16.9 Å². The molecule has 2 aromatic rings. The van der Waals surface area contributed by atoms with Gasteiger partial charge >= 0.3 is 0 Å². The molecule has 1 saturated heterocycles. The Kier molecular flexibility index (Phi) is 3.61. The summed E-state index contributed by atoms with van der Waals surface area (Å²) in [5.74, 6) is 0.188. The zero-order chi connectivity index (χ0) is 16.6. The largest absolute Gasteiger partial charge is 0.465 e. The molecule has 1 aliphatic heterocycles. The molecule has 0 radical (unpaired) electrons. The van der Waals surface area contributed by atoms with Crippen LogP contribution in [-0.2, 0) is 19.9 Å². The number of hydrogen-bond donors (Lipinski definition) is 3. The molecule has 0 bridgehead atoms. The van der Waals surface area contributed by atoms with Gasteiger partial charge in [-0.1, -0.05) is 0 Å². The van der Waals surface area contributed by atoms with Crippen LogP contribution in [0.2, 0.25) is 0 Å². The highest BCUT2D eigenvalue weighted by Crippen LogP contribution is 2.40. The van der Waals surface area contributed by atoms with Crippen LogP contribution in [0.4, 0.5) is 5.82 Å². The van der Waals surface area contributed by atoms with Crippen LogP contribution in [0.15, 0.2) is 18.5 Å². The standard InChI is InChI=1S/C13H13N5O5/c14-4-13(11(21)10(20)8(23-13)3-22-6-19)9-2-1-7-12(15)16-5-17-18(7)9/h1-2,5-6,8,10-11,20-21H,3H2,(H2,15,16,17)/t8-,10-,11-,13+/m1/s1. The zero-order valence-electron chi connectivity index (χ0n) is 11.7. The SMILES string of the molecule is N#C[C@@]1(c2ccc3c(N)ncnn23)O[C@H](COC=O)[C@@H](O)[C@H]1O.